The number of hydrogen-bond donors (Lipinski definition) is 1. The molecule has 3 rings (SSSR count). The Hall–Kier alpha value is -1.22. The van der Waals surface area contributed by atoms with Gasteiger partial charge in [-0.15, -0.1) is 11.3 Å². The van der Waals surface area contributed by atoms with Crippen molar-refractivity contribution in [2.45, 2.75) is 50.2 Å². The lowest BCUT2D eigenvalue weighted by Crippen LogP contribution is -2.44. The summed E-state index contributed by atoms with van der Waals surface area (Å²) in [5.74, 6) is 0. The molecule has 2 aromatic rings. The summed E-state index contributed by atoms with van der Waals surface area (Å²) in [6.45, 7) is 5.57. The van der Waals surface area contributed by atoms with E-state index in [9.17, 15) is 8.42 Å². The fraction of sp³-hybridized carbons (Fsp3) is 0.562. The summed E-state index contributed by atoms with van der Waals surface area (Å²) in [6, 6.07) is 4.22. The molecular formula is C16H24N4O2S2. The minimum absolute atomic E-state index is 0.00381. The fourth-order valence-corrected chi connectivity index (χ4v) is 4.96. The fourth-order valence-electron chi connectivity index (χ4n) is 2.95. The zero-order valence-electron chi connectivity index (χ0n) is 13.9. The summed E-state index contributed by atoms with van der Waals surface area (Å²) in [5, 5.41) is 6.20. The van der Waals surface area contributed by atoms with Crippen molar-refractivity contribution < 1.29 is 8.42 Å². The molecule has 0 saturated carbocycles. The molecule has 0 atom stereocenters. The Morgan fingerprint density at radius 2 is 2.17 bits per heavy atom. The lowest BCUT2D eigenvalue weighted by Gasteiger charge is -2.31. The van der Waals surface area contributed by atoms with Gasteiger partial charge in [-0.2, -0.15) is 5.10 Å². The molecule has 1 aliphatic rings. The van der Waals surface area contributed by atoms with Crippen molar-refractivity contribution in [3.8, 4) is 0 Å². The number of nitrogens with one attached hydrogen (secondary N) is 1. The van der Waals surface area contributed by atoms with Crippen molar-refractivity contribution in [1.29, 1.82) is 0 Å². The lowest BCUT2D eigenvalue weighted by molar-refractivity contribution is 0.201. The van der Waals surface area contributed by atoms with Crippen LogP contribution in [0.2, 0.25) is 0 Å². The van der Waals surface area contributed by atoms with Crippen LogP contribution in [0.25, 0.3) is 0 Å². The van der Waals surface area contributed by atoms with Crippen LogP contribution in [0.3, 0.4) is 0 Å². The van der Waals surface area contributed by atoms with Crippen LogP contribution >= 0.6 is 11.3 Å². The van der Waals surface area contributed by atoms with Crippen LogP contribution in [0.1, 0.15) is 31.1 Å². The maximum Gasteiger partial charge on any atom is 0.243 e. The SMILES string of the molecule is CCCn1cc(S(=O)(=O)NC2CCN(Cc3cccs3)CC2)cn1. The highest BCUT2D eigenvalue weighted by Crippen LogP contribution is 2.18. The van der Waals surface area contributed by atoms with Gasteiger partial charge in [0.05, 0.1) is 6.20 Å². The Bertz CT molecular complexity index is 732. The lowest BCUT2D eigenvalue weighted by atomic mass is 10.1. The number of aromatic nitrogens is 2. The molecule has 132 valence electrons. The zero-order chi connectivity index (χ0) is 17.0. The minimum Gasteiger partial charge on any atom is -0.298 e. The van der Waals surface area contributed by atoms with Crippen molar-refractivity contribution >= 4 is 21.4 Å². The molecule has 1 aliphatic heterocycles. The van der Waals surface area contributed by atoms with Crippen LogP contribution in [0, 0.1) is 0 Å². The van der Waals surface area contributed by atoms with Gasteiger partial charge < -0.3 is 0 Å². The molecule has 8 heteroatoms. The number of rotatable bonds is 7. The van der Waals surface area contributed by atoms with E-state index in [1.54, 1.807) is 22.2 Å². The molecule has 0 unspecified atom stereocenters. The predicted molar refractivity (Wildman–Crippen MR) is 95.5 cm³/mol. The van der Waals surface area contributed by atoms with Crippen molar-refractivity contribution in [3.05, 3.63) is 34.8 Å². The number of nitrogens with zero attached hydrogens (tertiary/aromatic N) is 3. The average Bonchev–Trinajstić information content (AvgIpc) is 3.21. The standard InChI is InChI=1S/C16H24N4O2S2/c1-2-7-20-13-16(11-17-20)24(21,22)18-14-5-8-19(9-6-14)12-15-4-3-10-23-15/h3-4,10-11,13-14,18H,2,5-9,12H2,1H3. The third-order valence-corrected chi connectivity index (χ3v) is 6.58. The summed E-state index contributed by atoms with van der Waals surface area (Å²) in [6.07, 6.45) is 5.65. The maximum atomic E-state index is 12.5. The van der Waals surface area contributed by atoms with Gasteiger partial charge in [0.25, 0.3) is 0 Å². The second kappa shape index (κ2) is 7.77. The summed E-state index contributed by atoms with van der Waals surface area (Å²) >= 11 is 1.77. The molecule has 24 heavy (non-hydrogen) atoms. The van der Waals surface area contributed by atoms with Crippen molar-refractivity contribution in [3.63, 3.8) is 0 Å². The molecule has 0 spiro atoms. The largest absolute Gasteiger partial charge is 0.298 e. The molecule has 0 bridgehead atoms. The molecule has 1 N–H and O–H groups in total. The molecule has 3 heterocycles. The Balaban J connectivity index is 1.52. The molecule has 1 fully saturated rings. The van der Waals surface area contributed by atoms with E-state index in [4.69, 9.17) is 0 Å². The monoisotopic (exact) mass is 368 g/mol. The van der Waals surface area contributed by atoms with Gasteiger partial charge >= 0.3 is 0 Å². The van der Waals surface area contributed by atoms with Gasteiger partial charge in [0.15, 0.2) is 0 Å². The minimum atomic E-state index is -3.47. The molecule has 2 aromatic heterocycles. The van der Waals surface area contributed by atoms with Crippen LogP contribution in [0.5, 0.6) is 0 Å². The number of likely N-dealkylation sites (tertiary alicyclic amines) is 1. The van der Waals surface area contributed by atoms with E-state index < -0.39 is 10.0 Å². The Labute approximate surface area is 147 Å². The first-order valence-electron chi connectivity index (χ1n) is 8.36. The van der Waals surface area contributed by atoms with Gasteiger partial charge in [-0.05, 0) is 30.7 Å². The number of aryl methyl sites for hydroxylation is 1. The quantitative estimate of drug-likeness (QED) is 0.814. The summed E-state index contributed by atoms with van der Waals surface area (Å²) in [7, 11) is -3.47. The van der Waals surface area contributed by atoms with Gasteiger partial charge in [-0.1, -0.05) is 13.0 Å². The average molecular weight is 369 g/mol. The van der Waals surface area contributed by atoms with Gasteiger partial charge in [-0.3, -0.25) is 9.58 Å². The summed E-state index contributed by atoms with van der Waals surface area (Å²) in [5.41, 5.74) is 0. The second-order valence-corrected chi connectivity index (χ2v) is 8.94. The second-order valence-electron chi connectivity index (χ2n) is 6.19. The molecule has 0 aromatic carbocycles. The molecular weight excluding hydrogens is 344 g/mol. The highest BCUT2D eigenvalue weighted by molar-refractivity contribution is 7.89. The molecule has 1 saturated heterocycles. The Morgan fingerprint density at radius 1 is 1.38 bits per heavy atom. The van der Waals surface area contributed by atoms with Crippen LogP contribution in [-0.2, 0) is 23.1 Å². The predicted octanol–water partition coefficient (Wildman–Crippen LogP) is 2.30. The first kappa shape index (κ1) is 17.6. The first-order valence-corrected chi connectivity index (χ1v) is 10.7. The van der Waals surface area contributed by atoms with Gasteiger partial charge in [0, 0.05) is 43.3 Å². The van der Waals surface area contributed by atoms with Crippen LogP contribution in [0.4, 0.5) is 0 Å². The van der Waals surface area contributed by atoms with E-state index in [2.05, 4.69) is 32.2 Å². The topological polar surface area (TPSA) is 67.2 Å². The van der Waals surface area contributed by atoms with Crippen LogP contribution in [0.15, 0.2) is 34.8 Å². The van der Waals surface area contributed by atoms with Crippen LogP contribution < -0.4 is 4.72 Å². The molecule has 0 radical (unpaired) electrons. The third-order valence-electron chi connectivity index (χ3n) is 4.24. The number of hydrogen-bond acceptors (Lipinski definition) is 5. The normalized spacial score (nSPS) is 17.4. The molecule has 0 aliphatic carbocycles. The van der Waals surface area contributed by atoms with E-state index >= 15 is 0 Å². The Kier molecular flexibility index (Phi) is 5.70. The zero-order valence-corrected chi connectivity index (χ0v) is 15.5. The smallest absolute Gasteiger partial charge is 0.243 e. The highest BCUT2D eigenvalue weighted by Gasteiger charge is 2.25. The number of piperidine rings is 1. The van der Waals surface area contributed by atoms with Crippen LogP contribution in [-0.4, -0.2) is 42.2 Å². The third kappa shape index (κ3) is 4.44. The van der Waals surface area contributed by atoms with E-state index in [0.29, 0.717) is 0 Å². The molecule has 6 nitrogen and oxygen atoms in total. The first-order chi connectivity index (χ1) is 11.6. The van der Waals surface area contributed by atoms with Gasteiger partial charge in [0.1, 0.15) is 4.90 Å². The van der Waals surface area contributed by atoms with Crippen molar-refractivity contribution in [1.82, 2.24) is 19.4 Å². The van der Waals surface area contributed by atoms with Crippen molar-refractivity contribution in [2.24, 2.45) is 0 Å². The summed E-state index contributed by atoms with van der Waals surface area (Å²) < 4.78 is 29.5. The van der Waals surface area contributed by atoms with E-state index in [-0.39, 0.29) is 10.9 Å². The van der Waals surface area contributed by atoms with E-state index in [1.807, 2.05) is 6.92 Å². The summed E-state index contributed by atoms with van der Waals surface area (Å²) in [4.78, 5) is 4.00. The van der Waals surface area contributed by atoms with E-state index in [0.717, 1.165) is 45.4 Å². The number of sulfonamides is 1. The molecule has 0 amide bonds. The van der Waals surface area contributed by atoms with Gasteiger partial charge in [-0.25, -0.2) is 13.1 Å². The van der Waals surface area contributed by atoms with Gasteiger partial charge in [0.2, 0.25) is 10.0 Å². The highest BCUT2D eigenvalue weighted by atomic mass is 32.2. The van der Waals surface area contributed by atoms with Crippen molar-refractivity contribution in [2.75, 3.05) is 13.1 Å². The Morgan fingerprint density at radius 3 is 2.83 bits per heavy atom. The van der Waals surface area contributed by atoms with E-state index in [1.165, 1.54) is 11.1 Å². The maximum absolute atomic E-state index is 12.5. The number of thiophene rings is 1.